The van der Waals surface area contributed by atoms with Crippen molar-refractivity contribution in [2.24, 2.45) is 11.7 Å². The fourth-order valence-electron chi connectivity index (χ4n) is 3.18. The third-order valence-electron chi connectivity index (χ3n) is 4.69. The van der Waals surface area contributed by atoms with Gasteiger partial charge in [0, 0.05) is 37.4 Å². The molecule has 1 aliphatic carbocycles. The van der Waals surface area contributed by atoms with Crippen LogP contribution in [0, 0.1) is 5.92 Å². The van der Waals surface area contributed by atoms with Gasteiger partial charge >= 0.3 is 0 Å². The summed E-state index contributed by atoms with van der Waals surface area (Å²) in [5, 5.41) is 2.95. The Hall–Kier alpha value is -1.59. The second-order valence-electron chi connectivity index (χ2n) is 6.41. The van der Waals surface area contributed by atoms with E-state index in [0.29, 0.717) is 31.5 Å². The van der Waals surface area contributed by atoms with E-state index < -0.39 is 0 Å². The van der Waals surface area contributed by atoms with E-state index >= 15 is 0 Å². The smallest absolute Gasteiger partial charge is 0.225 e. The second-order valence-corrected chi connectivity index (χ2v) is 6.41. The van der Waals surface area contributed by atoms with Crippen LogP contribution in [0.25, 0.3) is 0 Å². The summed E-state index contributed by atoms with van der Waals surface area (Å²) in [6.45, 7) is 2.75. The highest BCUT2D eigenvalue weighted by Crippen LogP contribution is 2.45. The van der Waals surface area contributed by atoms with E-state index in [9.17, 15) is 9.59 Å². The number of nitrogens with two attached hydrogens (primary N) is 1. The molecule has 0 radical (unpaired) electrons. The second kappa shape index (κ2) is 7.32. The summed E-state index contributed by atoms with van der Waals surface area (Å²) in [5.74, 6) is 0.330. The van der Waals surface area contributed by atoms with Crippen LogP contribution in [0.2, 0.25) is 0 Å². The van der Waals surface area contributed by atoms with E-state index in [1.54, 1.807) is 6.92 Å². The zero-order valence-corrected chi connectivity index (χ0v) is 14.1. The first-order valence-electron chi connectivity index (χ1n) is 7.95. The van der Waals surface area contributed by atoms with Crippen molar-refractivity contribution < 1.29 is 9.59 Å². The Bertz CT molecular complexity index is 566. The van der Waals surface area contributed by atoms with Crippen molar-refractivity contribution in [1.82, 2.24) is 10.2 Å². The van der Waals surface area contributed by atoms with Crippen LogP contribution in [0.4, 0.5) is 0 Å². The summed E-state index contributed by atoms with van der Waals surface area (Å²) in [6, 6.07) is 10.5. The molecule has 2 amide bonds. The van der Waals surface area contributed by atoms with Gasteiger partial charge in [-0.25, -0.2) is 0 Å². The number of nitrogens with one attached hydrogen (secondary N) is 1. The molecule has 1 aromatic rings. The van der Waals surface area contributed by atoms with Gasteiger partial charge in [-0.1, -0.05) is 37.3 Å². The molecule has 1 aromatic carbocycles. The van der Waals surface area contributed by atoms with E-state index in [2.05, 4.69) is 17.4 Å². The van der Waals surface area contributed by atoms with Crippen molar-refractivity contribution in [2.45, 2.75) is 37.8 Å². The van der Waals surface area contributed by atoms with Crippen molar-refractivity contribution in [3.63, 3.8) is 0 Å². The standard InChI is InChI=1S/C17H23N3O2.ClH/c1-11(9-18)17(22)19-13-7-16(21)20(10-13)15-8-14(15)12-5-3-2-4-6-12;/h2-6,11,13-15H,7-10,18H2,1H3,(H,19,22);1H. The summed E-state index contributed by atoms with van der Waals surface area (Å²) in [5.41, 5.74) is 6.80. The summed E-state index contributed by atoms with van der Waals surface area (Å²) < 4.78 is 0. The Kier molecular flexibility index (Phi) is 5.65. The number of likely N-dealkylation sites (tertiary alicyclic amines) is 1. The van der Waals surface area contributed by atoms with Gasteiger partial charge in [0.2, 0.25) is 11.8 Å². The molecule has 0 spiro atoms. The zero-order chi connectivity index (χ0) is 15.7. The molecule has 0 aromatic heterocycles. The first-order valence-corrected chi connectivity index (χ1v) is 7.95. The van der Waals surface area contributed by atoms with Crippen LogP contribution < -0.4 is 11.1 Å². The minimum absolute atomic E-state index is 0. The molecule has 3 N–H and O–H groups in total. The summed E-state index contributed by atoms with van der Waals surface area (Å²) in [7, 11) is 0. The maximum absolute atomic E-state index is 12.2. The summed E-state index contributed by atoms with van der Waals surface area (Å²) in [4.78, 5) is 26.0. The average molecular weight is 338 g/mol. The van der Waals surface area contributed by atoms with Crippen molar-refractivity contribution >= 4 is 24.2 Å². The van der Waals surface area contributed by atoms with Gasteiger partial charge in [0.05, 0.1) is 6.04 Å². The number of rotatable bonds is 5. The van der Waals surface area contributed by atoms with Gasteiger partial charge in [0.15, 0.2) is 0 Å². The third-order valence-corrected chi connectivity index (χ3v) is 4.69. The molecule has 23 heavy (non-hydrogen) atoms. The van der Waals surface area contributed by atoms with E-state index in [-0.39, 0.29) is 36.2 Å². The minimum atomic E-state index is -0.206. The van der Waals surface area contributed by atoms with Gasteiger partial charge in [0.1, 0.15) is 0 Å². The van der Waals surface area contributed by atoms with Crippen molar-refractivity contribution in [2.75, 3.05) is 13.1 Å². The normalized spacial score (nSPS) is 27.3. The number of hydrogen-bond acceptors (Lipinski definition) is 3. The fourth-order valence-corrected chi connectivity index (χ4v) is 3.18. The van der Waals surface area contributed by atoms with E-state index in [4.69, 9.17) is 5.73 Å². The van der Waals surface area contributed by atoms with Crippen LogP contribution in [-0.4, -0.2) is 41.9 Å². The first-order chi connectivity index (χ1) is 10.6. The van der Waals surface area contributed by atoms with E-state index in [0.717, 1.165) is 6.42 Å². The molecule has 6 heteroatoms. The zero-order valence-electron chi connectivity index (χ0n) is 13.3. The maximum Gasteiger partial charge on any atom is 0.225 e. The molecule has 1 saturated heterocycles. The van der Waals surface area contributed by atoms with Gasteiger partial charge < -0.3 is 16.0 Å². The largest absolute Gasteiger partial charge is 0.351 e. The Morgan fingerprint density at radius 2 is 2.09 bits per heavy atom. The molecule has 3 rings (SSSR count). The van der Waals surface area contributed by atoms with Gasteiger partial charge in [-0.3, -0.25) is 9.59 Å². The lowest BCUT2D eigenvalue weighted by Crippen LogP contribution is -2.42. The summed E-state index contributed by atoms with van der Waals surface area (Å²) >= 11 is 0. The molecule has 1 heterocycles. The summed E-state index contributed by atoms with van der Waals surface area (Å²) in [6.07, 6.45) is 1.43. The van der Waals surface area contributed by atoms with Gasteiger partial charge in [-0.05, 0) is 12.0 Å². The number of benzene rings is 1. The molecule has 4 unspecified atom stereocenters. The average Bonchev–Trinajstić information content (AvgIpc) is 3.25. The molecule has 5 nitrogen and oxygen atoms in total. The Labute approximate surface area is 143 Å². The first kappa shape index (κ1) is 17.8. The molecule has 2 aliphatic rings. The van der Waals surface area contributed by atoms with Crippen LogP contribution in [0.15, 0.2) is 30.3 Å². The van der Waals surface area contributed by atoms with Crippen molar-refractivity contribution in [3.05, 3.63) is 35.9 Å². The van der Waals surface area contributed by atoms with Crippen molar-refractivity contribution in [3.8, 4) is 0 Å². The number of carbonyl (C=O) groups is 2. The fraction of sp³-hybridized carbons (Fsp3) is 0.529. The van der Waals surface area contributed by atoms with Gasteiger partial charge in [-0.15, -0.1) is 12.4 Å². The van der Waals surface area contributed by atoms with Crippen LogP contribution in [0.3, 0.4) is 0 Å². The molecule has 1 aliphatic heterocycles. The lowest BCUT2D eigenvalue weighted by atomic mass is 10.1. The quantitative estimate of drug-likeness (QED) is 0.849. The van der Waals surface area contributed by atoms with Gasteiger partial charge in [0.25, 0.3) is 0 Å². The molecular formula is C17H24ClN3O2. The van der Waals surface area contributed by atoms with E-state index in [1.807, 2.05) is 23.1 Å². The topological polar surface area (TPSA) is 75.4 Å². The highest BCUT2D eigenvalue weighted by molar-refractivity contribution is 5.85. The van der Waals surface area contributed by atoms with Crippen LogP contribution >= 0.6 is 12.4 Å². The Morgan fingerprint density at radius 3 is 2.74 bits per heavy atom. The predicted molar refractivity (Wildman–Crippen MR) is 91.3 cm³/mol. The van der Waals surface area contributed by atoms with Crippen LogP contribution in [-0.2, 0) is 9.59 Å². The number of hydrogen-bond donors (Lipinski definition) is 2. The molecule has 2 fully saturated rings. The number of amides is 2. The number of nitrogens with zero attached hydrogens (tertiary/aromatic N) is 1. The van der Waals surface area contributed by atoms with Crippen LogP contribution in [0.1, 0.15) is 31.2 Å². The number of carbonyl (C=O) groups excluding carboxylic acids is 2. The molecule has 4 atom stereocenters. The molecule has 0 bridgehead atoms. The minimum Gasteiger partial charge on any atom is -0.351 e. The lowest BCUT2D eigenvalue weighted by Gasteiger charge is -2.18. The monoisotopic (exact) mass is 337 g/mol. The Balaban J connectivity index is 0.00000192. The predicted octanol–water partition coefficient (Wildman–Crippen LogP) is 1.28. The van der Waals surface area contributed by atoms with Crippen LogP contribution in [0.5, 0.6) is 0 Å². The SMILES string of the molecule is CC(CN)C(=O)NC1CC(=O)N(C2CC2c2ccccc2)C1.Cl. The molecular weight excluding hydrogens is 314 g/mol. The van der Waals surface area contributed by atoms with E-state index in [1.165, 1.54) is 5.56 Å². The Morgan fingerprint density at radius 1 is 1.39 bits per heavy atom. The highest BCUT2D eigenvalue weighted by Gasteiger charge is 2.47. The molecule has 126 valence electrons. The molecule has 1 saturated carbocycles. The van der Waals surface area contributed by atoms with Gasteiger partial charge in [-0.2, -0.15) is 0 Å². The maximum atomic E-state index is 12.2. The highest BCUT2D eigenvalue weighted by atomic mass is 35.5. The van der Waals surface area contributed by atoms with Crippen molar-refractivity contribution in [1.29, 1.82) is 0 Å². The number of halogens is 1. The lowest BCUT2D eigenvalue weighted by molar-refractivity contribution is -0.128. The third kappa shape index (κ3) is 3.85.